The average molecular weight is 467 g/mol. The summed E-state index contributed by atoms with van der Waals surface area (Å²) < 4.78 is 0. The topological polar surface area (TPSA) is 74.2 Å². The Labute approximate surface area is 195 Å². The van der Waals surface area contributed by atoms with Crippen molar-refractivity contribution in [1.29, 1.82) is 0 Å². The summed E-state index contributed by atoms with van der Waals surface area (Å²) in [5.41, 5.74) is 1.92. The summed E-state index contributed by atoms with van der Waals surface area (Å²) in [6.07, 6.45) is 12.6. The van der Waals surface area contributed by atoms with Gasteiger partial charge >= 0.3 is 5.97 Å². The second kappa shape index (κ2) is 11.0. The minimum Gasteiger partial charge on any atom is -1.00 e. The van der Waals surface area contributed by atoms with E-state index >= 15 is 0 Å². The zero-order valence-corrected chi connectivity index (χ0v) is 20.0. The predicted octanol–water partition coefficient (Wildman–Crippen LogP) is 1.29. The summed E-state index contributed by atoms with van der Waals surface area (Å²) in [6, 6.07) is 2.13. The van der Waals surface area contributed by atoms with Crippen molar-refractivity contribution in [3.05, 3.63) is 21.9 Å². The smallest absolute Gasteiger partial charge is 0.348 e. The van der Waals surface area contributed by atoms with Gasteiger partial charge in [0, 0.05) is 29.7 Å². The molecule has 1 saturated heterocycles. The molecule has 0 unspecified atom stereocenters. The quantitative estimate of drug-likeness (QED) is 0.686. The van der Waals surface area contributed by atoms with Crippen LogP contribution in [-0.2, 0) is 4.79 Å². The van der Waals surface area contributed by atoms with E-state index in [9.17, 15) is 14.7 Å². The van der Waals surface area contributed by atoms with Crippen molar-refractivity contribution in [3.63, 3.8) is 0 Å². The van der Waals surface area contributed by atoms with E-state index in [-0.39, 0.29) is 30.3 Å². The molecule has 0 aromatic carbocycles. The monoisotopic (exact) mass is 466 g/mol. The first-order valence-corrected chi connectivity index (χ1v) is 12.6. The number of aromatic carboxylic acids is 1. The number of nitrogens with zero attached hydrogens (tertiary/aromatic N) is 1. The summed E-state index contributed by atoms with van der Waals surface area (Å²) in [5.74, 6) is -0.0216. The number of carboxylic acids is 1. The van der Waals surface area contributed by atoms with Gasteiger partial charge in [-0.15, -0.1) is 11.3 Å². The summed E-state index contributed by atoms with van der Waals surface area (Å²) in [7, 11) is 0. The molecule has 1 saturated carbocycles. The van der Waals surface area contributed by atoms with Crippen LogP contribution < -0.4 is 22.6 Å². The highest BCUT2D eigenvalue weighted by Crippen LogP contribution is 2.41. The largest absolute Gasteiger partial charge is 1.00 e. The number of carbonyl (C=O) groups excluding carboxylic acids is 1. The van der Waals surface area contributed by atoms with Gasteiger partial charge < -0.3 is 27.7 Å². The molecule has 0 atom stereocenters. The third-order valence-corrected chi connectivity index (χ3v) is 8.34. The Morgan fingerprint density at radius 1 is 1.10 bits per heavy atom. The molecule has 172 valence electrons. The van der Waals surface area contributed by atoms with Crippen LogP contribution in [0.25, 0.3) is 5.57 Å². The number of piperidine rings is 1. The van der Waals surface area contributed by atoms with E-state index in [1.807, 2.05) is 11.0 Å². The molecule has 4 rings (SSSR count). The Morgan fingerprint density at radius 3 is 2.42 bits per heavy atom. The highest BCUT2D eigenvalue weighted by Gasteiger charge is 2.37. The Hall–Kier alpha value is -1.37. The van der Waals surface area contributed by atoms with Gasteiger partial charge in [0.2, 0.25) is 5.91 Å². The number of rotatable bonds is 5. The van der Waals surface area contributed by atoms with E-state index in [1.54, 1.807) is 0 Å². The lowest BCUT2D eigenvalue weighted by Gasteiger charge is -2.37. The van der Waals surface area contributed by atoms with E-state index < -0.39 is 5.97 Å². The van der Waals surface area contributed by atoms with E-state index in [0.717, 1.165) is 75.8 Å². The number of quaternary nitrogens is 1. The number of halogens is 1. The minimum absolute atomic E-state index is 0. The van der Waals surface area contributed by atoms with E-state index in [4.69, 9.17) is 0 Å². The molecule has 5 nitrogen and oxygen atoms in total. The average Bonchev–Trinajstić information content (AvgIpc) is 3.21. The number of hydrogen-bond donors (Lipinski definition) is 2. The highest BCUT2D eigenvalue weighted by molar-refractivity contribution is 7.15. The van der Waals surface area contributed by atoms with Crippen LogP contribution >= 0.6 is 11.3 Å². The zero-order valence-electron chi connectivity index (χ0n) is 18.4. The Kier molecular flexibility index (Phi) is 8.59. The molecule has 2 aliphatic carbocycles. The Balaban J connectivity index is 0.00000272. The maximum atomic E-state index is 13.8. The van der Waals surface area contributed by atoms with Gasteiger partial charge in [-0.2, -0.15) is 0 Å². The van der Waals surface area contributed by atoms with Crippen LogP contribution in [0.5, 0.6) is 0 Å². The van der Waals surface area contributed by atoms with Gasteiger partial charge in [-0.25, -0.2) is 4.79 Å². The maximum Gasteiger partial charge on any atom is 0.348 e. The highest BCUT2D eigenvalue weighted by atomic mass is 35.5. The molecule has 1 aromatic rings. The lowest BCUT2D eigenvalue weighted by molar-refractivity contribution is -0.662. The number of thiophene rings is 1. The fraction of sp³-hybridized carbons (Fsp3) is 0.667. The minimum atomic E-state index is -0.907. The molecular weight excluding hydrogens is 432 g/mol. The maximum absolute atomic E-state index is 13.8. The van der Waals surface area contributed by atoms with Gasteiger partial charge in [-0.3, -0.25) is 4.79 Å². The van der Waals surface area contributed by atoms with Crippen molar-refractivity contribution in [1.82, 2.24) is 0 Å². The first-order valence-electron chi connectivity index (χ1n) is 11.8. The number of carbonyl (C=O) groups is 2. The van der Waals surface area contributed by atoms with Gasteiger partial charge in [0.05, 0.1) is 18.8 Å². The summed E-state index contributed by atoms with van der Waals surface area (Å²) in [6.45, 7) is 4.27. The first-order chi connectivity index (χ1) is 14.5. The van der Waals surface area contributed by atoms with Crippen LogP contribution in [0.1, 0.15) is 85.7 Å². The van der Waals surface area contributed by atoms with Crippen molar-refractivity contribution in [2.75, 3.05) is 18.0 Å². The molecule has 2 heterocycles. The second-order valence-corrected chi connectivity index (χ2v) is 10.4. The van der Waals surface area contributed by atoms with Crippen LogP contribution in [0, 0.1) is 11.8 Å². The zero-order chi connectivity index (χ0) is 21.1. The molecule has 7 heteroatoms. The number of allylic oxidation sites excluding steroid dienone is 2. The predicted molar refractivity (Wildman–Crippen MR) is 121 cm³/mol. The molecule has 3 N–H and O–H groups in total. The van der Waals surface area contributed by atoms with Crippen molar-refractivity contribution >= 4 is 34.5 Å². The lowest BCUT2D eigenvalue weighted by Crippen LogP contribution is -3.00. The first kappa shape index (κ1) is 24.3. The molecule has 2 fully saturated rings. The molecule has 1 amide bonds. The van der Waals surface area contributed by atoms with Crippen LogP contribution in [0.3, 0.4) is 0 Å². The van der Waals surface area contributed by atoms with Gasteiger partial charge in [0.1, 0.15) is 4.88 Å². The molecule has 1 aliphatic heterocycles. The summed E-state index contributed by atoms with van der Waals surface area (Å²) >= 11 is 1.36. The van der Waals surface area contributed by atoms with Gasteiger partial charge in [0.25, 0.3) is 0 Å². The van der Waals surface area contributed by atoms with Crippen LogP contribution in [0.2, 0.25) is 0 Å². The summed E-state index contributed by atoms with van der Waals surface area (Å²) in [5, 5.41) is 12.3. The molecule has 0 radical (unpaired) electrons. The van der Waals surface area contributed by atoms with E-state index in [0.29, 0.717) is 16.5 Å². The van der Waals surface area contributed by atoms with Crippen LogP contribution in [0.15, 0.2) is 12.1 Å². The second-order valence-electron chi connectivity index (χ2n) is 9.37. The number of amides is 1. The number of nitrogens with two attached hydrogens (primary N) is 1. The van der Waals surface area contributed by atoms with Gasteiger partial charge in [-0.05, 0) is 68.9 Å². The van der Waals surface area contributed by atoms with Gasteiger partial charge in [-0.1, -0.05) is 13.0 Å². The van der Waals surface area contributed by atoms with Crippen LogP contribution in [-0.4, -0.2) is 36.1 Å². The Bertz CT molecular complexity index is 808. The normalized spacial score (nSPS) is 24.7. The number of hydrogen-bond acceptors (Lipinski definition) is 3. The van der Waals surface area contributed by atoms with Crippen molar-refractivity contribution in [3.8, 4) is 0 Å². The van der Waals surface area contributed by atoms with Crippen LogP contribution in [0.4, 0.5) is 5.69 Å². The third kappa shape index (κ3) is 5.52. The molecule has 0 bridgehead atoms. The molecular formula is C24H35ClN2O3S. The van der Waals surface area contributed by atoms with Crippen molar-refractivity contribution in [2.45, 2.75) is 77.2 Å². The van der Waals surface area contributed by atoms with Crippen molar-refractivity contribution in [2.24, 2.45) is 11.8 Å². The summed E-state index contributed by atoms with van der Waals surface area (Å²) in [4.78, 5) is 29.3. The fourth-order valence-electron chi connectivity index (χ4n) is 5.30. The van der Waals surface area contributed by atoms with Crippen molar-refractivity contribution < 1.29 is 32.4 Å². The van der Waals surface area contributed by atoms with Gasteiger partial charge in [0.15, 0.2) is 0 Å². The molecule has 0 spiro atoms. The van der Waals surface area contributed by atoms with E-state index in [1.165, 1.54) is 23.3 Å². The number of carboxylic acid groups (broad SMARTS) is 1. The molecule has 3 aliphatic rings. The molecule has 31 heavy (non-hydrogen) atoms. The standard InChI is InChI=1S/C24H34N2O3S.ClH/c1-16-7-9-18(10-8-16)23(27)26(19-11-13-25-14-12-19)20-15-21(30-22(20)24(28)29)17-5-3-2-4-6-17;/h5,15-16,18-19,25H,2-4,6-14H2,1H3,(H,28,29);1H. The Morgan fingerprint density at radius 2 is 1.81 bits per heavy atom. The molecule has 1 aromatic heterocycles. The number of anilines is 1. The lowest BCUT2D eigenvalue weighted by atomic mass is 9.82. The SMILES string of the molecule is CC1CCC(C(=O)N(c2cc(C3=CCCCC3)sc2C(=O)O)C2CC[NH2+]CC2)CC1.[Cl-]. The third-order valence-electron chi connectivity index (χ3n) is 7.15. The van der Waals surface area contributed by atoms with E-state index in [2.05, 4.69) is 18.3 Å². The fourth-order valence-corrected chi connectivity index (χ4v) is 6.36.